The number of hydrogen-bond donors (Lipinski definition) is 2. The summed E-state index contributed by atoms with van der Waals surface area (Å²) in [5.74, 6) is 6.98. The number of aromatic nitrogens is 4. The summed E-state index contributed by atoms with van der Waals surface area (Å²) in [5, 5.41) is 4.02. The zero-order valence-electron chi connectivity index (χ0n) is 10.8. The van der Waals surface area contributed by atoms with Crippen molar-refractivity contribution in [2.45, 2.75) is 6.92 Å². The molecule has 6 heteroatoms. The fourth-order valence-electron chi connectivity index (χ4n) is 1.83. The van der Waals surface area contributed by atoms with E-state index in [0.29, 0.717) is 22.8 Å². The number of nitrogens with zero attached hydrogens (tertiary/aromatic N) is 4. The summed E-state index contributed by atoms with van der Waals surface area (Å²) in [4.78, 5) is 8.32. The Labute approximate surface area is 115 Å². The average molecular weight is 264 g/mol. The first kappa shape index (κ1) is 12.0. The lowest BCUT2D eigenvalue weighted by Crippen LogP contribution is -2.06. The first-order chi connectivity index (χ1) is 9.65. The van der Waals surface area contributed by atoms with Crippen LogP contribution < -0.4 is 11.5 Å². The van der Waals surface area contributed by atoms with Gasteiger partial charge in [-0.25, -0.2) is 4.98 Å². The summed E-state index contributed by atoms with van der Waals surface area (Å²) in [6.07, 6.45) is 1.41. The predicted molar refractivity (Wildman–Crippen MR) is 76.8 cm³/mol. The van der Waals surface area contributed by atoms with Crippen LogP contribution in [0.4, 0.5) is 11.5 Å². The second-order valence-corrected chi connectivity index (χ2v) is 4.30. The molecule has 3 aromatic rings. The molecule has 0 amide bonds. The molecule has 0 unspecified atom stereocenters. The van der Waals surface area contributed by atoms with Gasteiger partial charge in [0.15, 0.2) is 0 Å². The lowest BCUT2D eigenvalue weighted by molar-refractivity contribution is 0.937. The molecular weight excluding hydrogens is 252 g/mol. The van der Waals surface area contributed by atoms with Crippen LogP contribution in [0.1, 0.15) is 16.8 Å². The van der Waals surface area contributed by atoms with Gasteiger partial charge in [-0.1, -0.05) is 11.8 Å². The molecule has 2 aromatic heterocycles. The average Bonchev–Trinajstić information content (AvgIpc) is 2.89. The van der Waals surface area contributed by atoms with Gasteiger partial charge in [0, 0.05) is 11.3 Å². The number of anilines is 2. The Balaban J connectivity index is 2.09. The smallest absolute Gasteiger partial charge is 0.254 e. The molecule has 0 bridgehead atoms. The van der Waals surface area contributed by atoms with Gasteiger partial charge in [-0.15, -0.1) is 0 Å². The molecule has 0 atom stereocenters. The zero-order chi connectivity index (χ0) is 14.1. The Bertz CT molecular complexity index is 836. The number of fused-ring (bicyclic) bond motifs is 1. The Morgan fingerprint density at radius 1 is 1.10 bits per heavy atom. The fraction of sp³-hybridized carbons (Fsp3) is 0.0714. The largest absolute Gasteiger partial charge is 0.399 e. The Hall–Kier alpha value is -3.07. The van der Waals surface area contributed by atoms with Crippen molar-refractivity contribution in [1.29, 1.82) is 0 Å². The van der Waals surface area contributed by atoms with Gasteiger partial charge in [0.25, 0.3) is 5.78 Å². The molecule has 20 heavy (non-hydrogen) atoms. The van der Waals surface area contributed by atoms with Crippen LogP contribution in [-0.4, -0.2) is 19.6 Å². The monoisotopic (exact) mass is 264 g/mol. The maximum atomic E-state index is 6.05. The molecule has 0 spiro atoms. The van der Waals surface area contributed by atoms with E-state index in [2.05, 4.69) is 26.9 Å². The van der Waals surface area contributed by atoms with Crippen molar-refractivity contribution in [2.75, 3.05) is 11.5 Å². The van der Waals surface area contributed by atoms with Crippen LogP contribution in [0.25, 0.3) is 5.78 Å². The van der Waals surface area contributed by atoms with Crippen LogP contribution in [0.2, 0.25) is 0 Å². The standard InChI is InChI=1S/C14H12N6/c1-9-12(7-4-10-2-5-11(15)6-3-10)13(16)20-14(19-9)17-8-18-20/h2-3,5-6,8H,15-16H2,1H3. The Kier molecular flexibility index (Phi) is 2.73. The Morgan fingerprint density at radius 3 is 2.60 bits per heavy atom. The van der Waals surface area contributed by atoms with Gasteiger partial charge in [-0.05, 0) is 31.2 Å². The van der Waals surface area contributed by atoms with E-state index in [1.165, 1.54) is 10.8 Å². The maximum absolute atomic E-state index is 6.05. The van der Waals surface area contributed by atoms with E-state index in [9.17, 15) is 0 Å². The van der Waals surface area contributed by atoms with E-state index in [1.807, 2.05) is 19.1 Å². The summed E-state index contributed by atoms with van der Waals surface area (Å²) in [6.45, 7) is 1.85. The molecule has 4 N–H and O–H groups in total. The molecule has 6 nitrogen and oxygen atoms in total. The van der Waals surface area contributed by atoms with E-state index in [1.54, 1.807) is 12.1 Å². The zero-order valence-corrected chi connectivity index (χ0v) is 10.8. The summed E-state index contributed by atoms with van der Waals surface area (Å²) in [6, 6.07) is 7.32. The molecule has 3 rings (SSSR count). The van der Waals surface area contributed by atoms with Crippen LogP contribution in [-0.2, 0) is 0 Å². The number of rotatable bonds is 0. The number of benzene rings is 1. The van der Waals surface area contributed by atoms with Crippen LogP contribution >= 0.6 is 0 Å². The van der Waals surface area contributed by atoms with Crippen molar-refractivity contribution < 1.29 is 0 Å². The third-order valence-corrected chi connectivity index (χ3v) is 2.89. The molecule has 98 valence electrons. The van der Waals surface area contributed by atoms with E-state index >= 15 is 0 Å². The van der Waals surface area contributed by atoms with Gasteiger partial charge in [0.2, 0.25) is 0 Å². The lowest BCUT2D eigenvalue weighted by Gasteiger charge is -2.03. The van der Waals surface area contributed by atoms with Gasteiger partial charge in [-0.3, -0.25) is 0 Å². The molecule has 0 saturated carbocycles. The van der Waals surface area contributed by atoms with Crippen LogP contribution in [0.3, 0.4) is 0 Å². The summed E-state index contributed by atoms with van der Waals surface area (Å²) < 4.78 is 1.47. The van der Waals surface area contributed by atoms with E-state index in [4.69, 9.17) is 11.5 Å². The second-order valence-electron chi connectivity index (χ2n) is 4.30. The minimum Gasteiger partial charge on any atom is -0.399 e. The van der Waals surface area contributed by atoms with E-state index < -0.39 is 0 Å². The lowest BCUT2D eigenvalue weighted by atomic mass is 10.1. The SMILES string of the molecule is Cc1nc2ncnn2c(N)c1C#Cc1ccc(N)cc1. The molecule has 0 aliphatic carbocycles. The topological polar surface area (TPSA) is 95.1 Å². The molecule has 0 saturated heterocycles. The quantitative estimate of drug-likeness (QED) is 0.466. The van der Waals surface area contributed by atoms with Crippen molar-refractivity contribution in [3.05, 3.63) is 47.4 Å². The third-order valence-electron chi connectivity index (χ3n) is 2.89. The van der Waals surface area contributed by atoms with Crippen LogP contribution in [0.5, 0.6) is 0 Å². The van der Waals surface area contributed by atoms with Crippen molar-refractivity contribution >= 4 is 17.3 Å². The van der Waals surface area contributed by atoms with Crippen molar-refractivity contribution in [3.63, 3.8) is 0 Å². The van der Waals surface area contributed by atoms with E-state index in [-0.39, 0.29) is 0 Å². The summed E-state index contributed by atoms with van der Waals surface area (Å²) in [7, 11) is 0. The van der Waals surface area contributed by atoms with Crippen molar-refractivity contribution in [1.82, 2.24) is 19.6 Å². The normalized spacial score (nSPS) is 10.2. The van der Waals surface area contributed by atoms with Gasteiger partial charge >= 0.3 is 0 Å². The van der Waals surface area contributed by atoms with Gasteiger partial charge < -0.3 is 11.5 Å². The summed E-state index contributed by atoms with van der Waals surface area (Å²) in [5.41, 5.74) is 14.6. The molecule has 2 heterocycles. The second kappa shape index (κ2) is 4.55. The Morgan fingerprint density at radius 2 is 1.85 bits per heavy atom. The predicted octanol–water partition coefficient (Wildman–Crippen LogP) is 0.997. The highest BCUT2D eigenvalue weighted by atomic mass is 15.3. The molecule has 0 aliphatic rings. The maximum Gasteiger partial charge on any atom is 0.254 e. The fourth-order valence-corrected chi connectivity index (χ4v) is 1.83. The molecule has 0 fully saturated rings. The van der Waals surface area contributed by atoms with Crippen LogP contribution in [0, 0.1) is 18.8 Å². The van der Waals surface area contributed by atoms with Crippen molar-refractivity contribution in [3.8, 4) is 11.8 Å². The van der Waals surface area contributed by atoms with E-state index in [0.717, 1.165) is 11.3 Å². The highest BCUT2D eigenvalue weighted by Crippen LogP contribution is 2.14. The highest BCUT2D eigenvalue weighted by molar-refractivity contribution is 5.59. The van der Waals surface area contributed by atoms with Gasteiger partial charge in [0.1, 0.15) is 12.1 Å². The van der Waals surface area contributed by atoms with Gasteiger partial charge in [0.05, 0.1) is 11.3 Å². The van der Waals surface area contributed by atoms with Crippen LogP contribution in [0.15, 0.2) is 30.6 Å². The number of hydrogen-bond acceptors (Lipinski definition) is 5. The number of nitrogen functional groups attached to an aromatic ring is 2. The molecule has 0 aliphatic heterocycles. The van der Waals surface area contributed by atoms with Gasteiger partial charge in [-0.2, -0.15) is 14.6 Å². The summed E-state index contributed by atoms with van der Waals surface area (Å²) >= 11 is 0. The minimum atomic E-state index is 0.438. The third kappa shape index (κ3) is 2.01. The molecule has 0 radical (unpaired) electrons. The number of aryl methyl sites for hydroxylation is 1. The minimum absolute atomic E-state index is 0.438. The van der Waals surface area contributed by atoms with Crippen molar-refractivity contribution in [2.24, 2.45) is 0 Å². The first-order valence-corrected chi connectivity index (χ1v) is 5.98. The molecule has 1 aromatic carbocycles. The molecular formula is C14H12N6. The highest BCUT2D eigenvalue weighted by Gasteiger charge is 2.09. The number of nitrogens with two attached hydrogens (primary N) is 2. The first-order valence-electron chi connectivity index (χ1n) is 5.98.